The van der Waals surface area contributed by atoms with E-state index in [-0.39, 0.29) is 11.6 Å². The Morgan fingerprint density at radius 1 is 1.00 bits per heavy atom. The molecule has 0 spiro atoms. The number of pyridine rings is 1. The van der Waals surface area contributed by atoms with Gasteiger partial charge in [-0.05, 0) is 44.0 Å². The fraction of sp³-hybridized carbons (Fsp3) is 0.227. The van der Waals surface area contributed by atoms with Crippen LogP contribution in [0.25, 0.3) is 10.9 Å². The van der Waals surface area contributed by atoms with Gasteiger partial charge in [-0.15, -0.1) is 0 Å². The molecule has 4 heteroatoms. The number of aromatic nitrogens is 1. The smallest absolute Gasteiger partial charge is 0.140 e. The third-order valence-corrected chi connectivity index (χ3v) is 4.42. The van der Waals surface area contributed by atoms with Gasteiger partial charge in [-0.25, -0.2) is 0 Å². The van der Waals surface area contributed by atoms with E-state index in [1.807, 2.05) is 48.5 Å². The number of carbonyl (C=O) groups excluding carboxylic acids is 2. The quantitative estimate of drug-likeness (QED) is 0.603. The van der Waals surface area contributed by atoms with Crippen LogP contribution in [0, 0.1) is 5.92 Å². The minimum atomic E-state index is -0.623. The predicted molar refractivity (Wildman–Crippen MR) is 101 cm³/mol. The molecule has 26 heavy (non-hydrogen) atoms. The second-order valence-electron chi connectivity index (χ2n) is 6.41. The molecule has 0 aliphatic carbocycles. The van der Waals surface area contributed by atoms with Crippen molar-refractivity contribution in [2.75, 3.05) is 0 Å². The summed E-state index contributed by atoms with van der Waals surface area (Å²) in [6.45, 7) is 3.28. The number of para-hydroxylation sites is 2. The summed E-state index contributed by atoms with van der Waals surface area (Å²) in [5.41, 5.74) is 2.77. The average Bonchev–Trinajstić information content (AvgIpc) is 2.64. The van der Waals surface area contributed by atoms with Gasteiger partial charge < -0.3 is 4.74 Å². The third kappa shape index (κ3) is 4.14. The van der Waals surface area contributed by atoms with Crippen LogP contribution in [0.15, 0.2) is 60.8 Å². The average molecular weight is 347 g/mol. The number of ether oxygens (including phenoxy) is 1. The second-order valence-corrected chi connectivity index (χ2v) is 6.41. The number of hydrogen-bond acceptors (Lipinski definition) is 4. The minimum Gasteiger partial charge on any atom is -0.489 e. The van der Waals surface area contributed by atoms with Gasteiger partial charge in [0, 0.05) is 17.1 Å². The number of hydrogen-bond donors (Lipinski definition) is 0. The maximum Gasteiger partial charge on any atom is 0.140 e. The van der Waals surface area contributed by atoms with Crippen LogP contribution in [-0.4, -0.2) is 16.6 Å². The van der Waals surface area contributed by atoms with Crippen LogP contribution < -0.4 is 4.74 Å². The molecule has 1 heterocycles. The van der Waals surface area contributed by atoms with Gasteiger partial charge in [0.2, 0.25) is 0 Å². The van der Waals surface area contributed by atoms with Gasteiger partial charge in [-0.1, -0.05) is 36.4 Å². The fourth-order valence-electron chi connectivity index (χ4n) is 2.96. The molecule has 3 aromatic rings. The molecule has 0 aliphatic heterocycles. The molecule has 0 bridgehead atoms. The monoisotopic (exact) mass is 347 g/mol. The molecular formula is C22H21NO3. The first-order valence-electron chi connectivity index (χ1n) is 8.60. The molecule has 0 aliphatic rings. The number of carbonyl (C=O) groups is 2. The van der Waals surface area contributed by atoms with Crippen LogP contribution in [0.3, 0.4) is 0 Å². The van der Waals surface area contributed by atoms with Gasteiger partial charge in [0.25, 0.3) is 0 Å². The third-order valence-electron chi connectivity index (χ3n) is 4.42. The van der Waals surface area contributed by atoms with Crippen LogP contribution in [0.2, 0.25) is 0 Å². The molecule has 132 valence electrons. The normalized spacial score (nSPS) is 10.9. The van der Waals surface area contributed by atoms with E-state index >= 15 is 0 Å². The number of rotatable bonds is 7. The Hall–Kier alpha value is -3.01. The van der Waals surface area contributed by atoms with E-state index in [0.29, 0.717) is 18.8 Å². The Balaban J connectivity index is 1.77. The van der Waals surface area contributed by atoms with Crippen molar-refractivity contribution in [3.63, 3.8) is 0 Å². The Bertz CT molecular complexity index is 935. The summed E-state index contributed by atoms with van der Waals surface area (Å²) in [6.07, 6.45) is 2.16. The summed E-state index contributed by atoms with van der Waals surface area (Å²) in [7, 11) is 0. The first kappa shape index (κ1) is 17.8. The Morgan fingerprint density at radius 2 is 1.69 bits per heavy atom. The molecule has 0 fully saturated rings. The zero-order valence-corrected chi connectivity index (χ0v) is 14.9. The van der Waals surface area contributed by atoms with Crippen molar-refractivity contribution in [1.29, 1.82) is 0 Å². The highest BCUT2D eigenvalue weighted by Gasteiger charge is 2.21. The number of fused-ring (bicyclic) bond motifs is 1. The van der Waals surface area contributed by atoms with Crippen LogP contribution in [0.1, 0.15) is 25.0 Å². The van der Waals surface area contributed by atoms with Crippen LogP contribution >= 0.6 is 0 Å². The van der Waals surface area contributed by atoms with Crippen molar-refractivity contribution >= 4 is 22.5 Å². The highest BCUT2D eigenvalue weighted by atomic mass is 16.5. The van der Waals surface area contributed by atoms with Crippen molar-refractivity contribution in [3.8, 4) is 5.75 Å². The van der Waals surface area contributed by atoms with E-state index < -0.39 is 5.92 Å². The molecule has 4 nitrogen and oxygen atoms in total. The van der Waals surface area contributed by atoms with Gasteiger partial charge in [0.1, 0.15) is 23.9 Å². The minimum absolute atomic E-state index is 0.119. The van der Waals surface area contributed by atoms with E-state index in [2.05, 4.69) is 11.1 Å². The topological polar surface area (TPSA) is 56.3 Å². The molecule has 1 aromatic heterocycles. The molecule has 0 saturated heterocycles. The standard InChI is InChI=1S/C22H21NO3/c1-15(24)20(16(2)25)12-19-8-4-6-10-22(19)26-14-17-11-18-7-3-5-9-21(18)23-13-17/h3-11,13,20H,12,14H2,1-2H3. The maximum atomic E-state index is 11.7. The molecular weight excluding hydrogens is 326 g/mol. The predicted octanol–water partition coefficient (Wildman–Crippen LogP) is 4.15. The summed E-state index contributed by atoms with van der Waals surface area (Å²) in [4.78, 5) is 27.9. The highest BCUT2D eigenvalue weighted by molar-refractivity contribution is 6.00. The maximum absolute atomic E-state index is 11.7. The summed E-state index contributed by atoms with van der Waals surface area (Å²) in [6, 6.07) is 17.5. The number of benzene rings is 2. The van der Waals surface area contributed by atoms with Gasteiger partial charge in [-0.3, -0.25) is 14.6 Å². The summed E-state index contributed by atoms with van der Waals surface area (Å²) >= 11 is 0. The van der Waals surface area contributed by atoms with Crippen LogP contribution in [0.5, 0.6) is 5.75 Å². The highest BCUT2D eigenvalue weighted by Crippen LogP contribution is 2.24. The summed E-state index contributed by atoms with van der Waals surface area (Å²) in [5, 5.41) is 1.06. The largest absolute Gasteiger partial charge is 0.489 e. The number of Topliss-reactive ketones (excluding diaryl/α,β-unsaturated/α-hetero) is 2. The SMILES string of the molecule is CC(=O)C(Cc1ccccc1OCc1cnc2ccccc2c1)C(C)=O. The Labute approximate surface area is 152 Å². The van der Waals surface area contributed by atoms with E-state index in [1.54, 1.807) is 6.20 Å². The van der Waals surface area contributed by atoms with Gasteiger partial charge in [0.15, 0.2) is 0 Å². The van der Waals surface area contributed by atoms with Gasteiger partial charge >= 0.3 is 0 Å². The lowest BCUT2D eigenvalue weighted by atomic mass is 9.92. The molecule has 0 saturated carbocycles. The van der Waals surface area contributed by atoms with Crippen molar-refractivity contribution in [2.24, 2.45) is 5.92 Å². The molecule has 0 unspecified atom stereocenters. The second kappa shape index (κ2) is 7.91. The summed E-state index contributed by atoms with van der Waals surface area (Å²) < 4.78 is 5.97. The number of ketones is 2. The molecule has 0 amide bonds. The van der Waals surface area contributed by atoms with Crippen molar-refractivity contribution in [2.45, 2.75) is 26.9 Å². The lowest BCUT2D eigenvalue weighted by Gasteiger charge is -2.15. The van der Waals surface area contributed by atoms with Crippen molar-refractivity contribution in [1.82, 2.24) is 4.98 Å². The lowest BCUT2D eigenvalue weighted by Crippen LogP contribution is -2.22. The first-order chi connectivity index (χ1) is 12.5. The van der Waals surface area contributed by atoms with Crippen molar-refractivity contribution in [3.05, 3.63) is 71.9 Å². The van der Waals surface area contributed by atoms with Crippen molar-refractivity contribution < 1.29 is 14.3 Å². The van der Waals surface area contributed by atoms with Crippen LogP contribution in [-0.2, 0) is 22.6 Å². The van der Waals surface area contributed by atoms with E-state index in [9.17, 15) is 9.59 Å². The van der Waals surface area contributed by atoms with E-state index in [0.717, 1.165) is 22.0 Å². The number of nitrogens with zero attached hydrogens (tertiary/aromatic N) is 1. The first-order valence-corrected chi connectivity index (χ1v) is 8.60. The molecule has 0 N–H and O–H groups in total. The lowest BCUT2D eigenvalue weighted by molar-refractivity contribution is -0.130. The van der Waals surface area contributed by atoms with Gasteiger partial charge in [-0.2, -0.15) is 0 Å². The zero-order valence-electron chi connectivity index (χ0n) is 14.9. The molecule has 0 radical (unpaired) electrons. The molecule has 2 aromatic carbocycles. The summed E-state index contributed by atoms with van der Waals surface area (Å²) in [5.74, 6) is -0.174. The molecule has 0 atom stereocenters. The zero-order chi connectivity index (χ0) is 18.5. The molecule has 3 rings (SSSR count). The Kier molecular flexibility index (Phi) is 5.42. The van der Waals surface area contributed by atoms with Crippen LogP contribution in [0.4, 0.5) is 0 Å². The Morgan fingerprint density at radius 3 is 2.46 bits per heavy atom. The van der Waals surface area contributed by atoms with E-state index in [4.69, 9.17) is 4.74 Å². The van der Waals surface area contributed by atoms with E-state index in [1.165, 1.54) is 13.8 Å². The fourth-order valence-corrected chi connectivity index (χ4v) is 2.96. The van der Waals surface area contributed by atoms with Gasteiger partial charge in [0.05, 0.1) is 11.4 Å².